The molecular formula is C16H15N3O5S. The number of nitrogens with zero attached hydrogens (tertiary/aromatic N) is 2. The third-order valence-corrected chi connectivity index (χ3v) is 4.55. The van der Waals surface area contributed by atoms with Gasteiger partial charge in [-0.05, 0) is 38.1 Å². The third-order valence-electron chi connectivity index (χ3n) is 3.44. The Kier molecular flexibility index (Phi) is 4.17. The third kappa shape index (κ3) is 3.61. The van der Waals surface area contributed by atoms with E-state index in [0.29, 0.717) is 22.6 Å². The molecule has 0 unspecified atom stereocenters. The van der Waals surface area contributed by atoms with Crippen molar-refractivity contribution in [2.24, 2.45) is 0 Å². The summed E-state index contributed by atoms with van der Waals surface area (Å²) in [5.41, 5.74) is 0.808. The maximum absolute atomic E-state index is 12.2. The SMILES string of the molecule is Cc1cc(C(=O)Nc2nnc(-c3cccc(S(C)(=O)=O)c3)o2)c(C)o1. The molecule has 0 atom stereocenters. The molecule has 25 heavy (non-hydrogen) atoms. The maximum atomic E-state index is 12.2. The molecule has 0 aliphatic heterocycles. The zero-order valence-corrected chi connectivity index (χ0v) is 14.5. The molecule has 1 aromatic carbocycles. The molecule has 2 aromatic heterocycles. The molecular weight excluding hydrogens is 346 g/mol. The summed E-state index contributed by atoms with van der Waals surface area (Å²) in [5.74, 6) is 0.761. The Balaban J connectivity index is 1.83. The zero-order chi connectivity index (χ0) is 18.2. The molecule has 1 amide bonds. The van der Waals surface area contributed by atoms with Crippen molar-refractivity contribution < 1.29 is 22.0 Å². The molecule has 0 aliphatic carbocycles. The van der Waals surface area contributed by atoms with E-state index in [0.717, 1.165) is 6.26 Å². The average molecular weight is 361 g/mol. The van der Waals surface area contributed by atoms with Gasteiger partial charge >= 0.3 is 6.01 Å². The summed E-state index contributed by atoms with van der Waals surface area (Å²) in [6.07, 6.45) is 1.11. The van der Waals surface area contributed by atoms with Gasteiger partial charge in [-0.2, -0.15) is 0 Å². The molecule has 0 radical (unpaired) electrons. The molecule has 0 aliphatic rings. The van der Waals surface area contributed by atoms with Crippen LogP contribution in [0.15, 0.2) is 44.1 Å². The van der Waals surface area contributed by atoms with Gasteiger partial charge in [-0.25, -0.2) is 8.42 Å². The van der Waals surface area contributed by atoms with Crippen LogP contribution in [-0.4, -0.2) is 30.8 Å². The Labute approximate surface area is 143 Å². The van der Waals surface area contributed by atoms with Crippen LogP contribution >= 0.6 is 0 Å². The van der Waals surface area contributed by atoms with E-state index in [-0.39, 0.29) is 16.8 Å². The monoisotopic (exact) mass is 361 g/mol. The van der Waals surface area contributed by atoms with Gasteiger partial charge in [-0.1, -0.05) is 11.2 Å². The lowest BCUT2D eigenvalue weighted by Crippen LogP contribution is -2.12. The Morgan fingerprint density at radius 1 is 1.12 bits per heavy atom. The van der Waals surface area contributed by atoms with Crippen LogP contribution in [0.2, 0.25) is 0 Å². The van der Waals surface area contributed by atoms with Crippen LogP contribution in [0, 0.1) is 13.8 Å². The highest BCUT2D eigenvalue weighted by Crippen LogP contribution is 2.23. The fourth-order valence-electron chi connectivity index (χ4n) is 2.27. The first-order valence-corrected chi connectivity index (χ1v) is 9.15. The summed E-state index contributed by atoms with van der Waals surface area (Å²) in [7, 11) is -3.35. The highest BCUT2D eigenvalue weighted by Gasteiger charge is 2.17. The van der Waals surface area contributed by atoms with Crippen LogP contribution in [0.4, 0.5) is 6.01 Å². The van der Waals surface area contributed by atoms with E-state index in [1.165, 1.54) is 12.1 Å². The molecule has 0 saturated carbocycles. The number of rotatable bonds is 4. The molecule has 1 N–H and O–H groups in total. The van der Waals surface area contributed by atoms with Crippen LogP contribution in [0.3, 0.4) is 0 Å². The molecule has 0 saturated heterocycles. The topological polar surface area (TPSA) is 115 Å². The lowest BCUT2D eigenvalue weighted by molar-refractivity contribution is 0.102. The minimum Gasteiger partial charge on any atom is -0.466 e. The number of nitrogens with one attached hydrogen (secondary N) is 1. The van der Waals surface area contributed by atoms with Gasteiger partial charge in [0.1, 0.15) is 11.5 Å². The molecule has 0 fully saturated rings. The lowest BCUT2D eigenvalue weighted by atomic mass is 10.2. The summed E-state index contributed by atoms with van der Waals surface area (Å²) >= 11 is 0. The first-order valence-electron chi connectivity index (χ1n) is 7.26. The largest absolute Gasteiger partial charge is 0.466 e. The highest BCUT2D eigenvalue weighted by atomic mass is 32.2. The molecule has 9 heteroatoms. The second-order valence-electron chi connectivity index (χ2n) is 5.49. The number of benzene rings is 1. The van der Waals surface area contributed by atoms with E-state index in [4.69, 9.17) is 8.83 Å². The number of anilines is 1. The smallest absolute Gasteiger partial charge is 0.322 e. The van der Waals surface area contributed by atoms with Gasteiger partial charge in [0.05, 0.1) is 10.5 Å². The van der Waals surface area contributed by atoms with Gasteiger partial charge < -0.3 is 8.83 Å². The molecule has 2 heterocycles. The van der Waals surface area contributed by atoms with Gasteiger partial charge in [-0.3, -0.25) is 10.1 Å². The van der Waals surface area contributed by atoms with Gasteiger partial charge in [0.2, 0.25) is 5.89 Å². The van der Waals surface area contributed by atoms with Crippen molar-refractivity contribution in [1.29, 1.82) is 0 Å². The fraction of sp³-hybridized carbons (Fsp3) is 0.188. The quantitative estimate of drug-likeness (QED) is 0.759. The van der Waals surface area contributed by atoms with Crippen molar-refractivity contribution in [2.75, 3.05) is 11.6 Å². The van der Waals surface area contributed by atoms with Crippen LogP contribution in [0.1, 0.15) is 21.9 Å². The summed E-state index contributed by atoms with van der Waals surface area (Å²) in [4.78, 5) is 12.3. The fourth-order valence-corrected chi connectivity index (χ4v) is 2.94. The van der Waals surface area contributed by atoms with Crippen LogP contribution < -0.4 is 5.32 Å². The minimum atomic E-state index is -3.35. The van der Waals surface area contributed by atoms with Gasteiger partial charge in [0, 0.05) is 11.8 Å². The molecule has 130 valence electrons. The lowest BCUT2D eigenvalue weighted by Gasteiger charge is -2.00. The number of furan rings is 1. The number of aryl methyl sites for hydroxylation is 2. The van der Waals surface area contributed by atoms with E-state index < -0.39 is 15.7 Å². The van der Waals surface area contributed by atoms with Crippen LogP contribution in [-0.2, 0) is 9.84 Å². The Bertz CT molecular complexity index is 1050. The van der Waals surface area contributed by atoms with E-state index in [2.05, 4.69) is 15.5 Å². The predicted octanol–water partition coefficient (Wildman–Crippen LogP) is 2.60. The van der Waals surface area contributed by atoms with E-state index in [1.807, 2.05) is 0 Å². The van der Waals surface area contributed by atoms with E-state index in [1.54, 1.807) is 32.0 Å². The van der Waals surface area contributed by atoms with Crippen molar-refractivity contribution in [3.8, 4) is 11.5 Å². The number of hydrogen-bond donors (Lipinski definition) is 1. The van der Waals surface area contributed by atoms with E-state index in [9.17, 15) is 13.2 Å². The van der Waals surface area contributed by atoms with E-state index >= 15 is 0 Å². The molecule has 0 bridgehead atoms. The summed E-state index contributed by atoms with van der Waals surface area (Å²) in [5, 5.41) is 10.1. The molecule has 8 nitrogen and oxygen atoms in total. The number of aromatic nitrogens is 2. The summed E-state index contributed by atoms with van der Waals surface area (Å²) < 4.78 is 34.0. The number of carbonyl (C=O) groups is 1. The summed E-state index contributed by atoms with van der Waals surface area (Å²) in [6, 6.07) is 7.63. The first kappa shape index (κ1) is 16.9. The first-order chi connectivity index (χ1) is 11.7. The standard InChI is InChI=1S/C16H15N3O5S/c1-9-7-13(10(2)23-9)14(20)17-16-19-18-15(24-16)11-5-4-6-12(8-11)25(3,21)22/h4-8H,1-3H3,(H,17,19,20). The number of carbonyl (C=O) groups excluding carboxylic acids is 1. The number of sulfone groups is 1. The second kappa shape index (κ2) is 6.17. The Morgan fingerprint density at radius 2 is 1.88 bits per heavy atom. The normalized spacial score (nSPS) is 11.5. The Hall–Kier alpha value is -2.94. The molecule has 3 rings (SSSR count). The molecule has 3 aromatic rings. The maximum Gasteiger partial charge on any atom is 0.322 e. The second-order valence-corrected chi connectivity index (χ2v) is 7.51. The number of amides is 1. The van der Waals surface area contributed by atoms with Crippen molar-refractivity contribution in [3.63, 3.8) is 0 Å². The van der Waals surface area contributed by atoms with Crippen LogP contribution in [0.5, 0.6) is 0 Å². The predicted molar refractivity (Wildman–Crippen MR) is 89.0 cm³/mol. The number of hydrogen-bond acceptors (Lipinski definition) is 7. The summed E-state index contributed by atoms with van der Waals surface area (Å²) in [6.45, 7) is 3.42. The van der Waals surface area contributed by atoms with Gasteiger partial charge in [0.15, 0.2) is 9.84 Å². The zero-order valence-electron chi connectivity index (χ0n) is 13.7. The van der Waals surface area contributed by atoms with Crippen molar-refractivity contribution >= 4 is 21.8 Å². The van der Waals surface area contributed by atoms with Gasteiger partial charge in [-0.15, -0.1) is 5.10 Å². The average Bonchev–Trinajstić information content (AvgIpc) is 3.13. The van der Waals surface area contributed by atoms with Gasteiger partial charge in [0.25, 0.3) is 5.91 Å². The van der Waals surface area contributed by atoms with Crippen LogP contribution in [0.25, 0.3) is 11.5 Å². The van der Waals surface area contributed by atoms with Crippen molar-refractivity contribution in [1.82, 2.24) is 10.2 Å². The Morgan fingerprint density at radius 3 is 2.52 bits per heavy atom. The minimum absolute atomic E-state index is 0.0944. The molecule has 0 spiro atoms. The highest BCUT2D eigenvalue weighted by molar-refractivity contribution is 7.90. The van der Waals surface area contributed by atoms with Crippen molar-refractivity contribution in [2.45, 2.75) is 18.7 Å². The van der Waals surface area contributed by atoms with Crippen molar-refractivity contribution in [3.05, 3.63) is 47.4 Å².